The second-order valence-electron chi connectivity index (χ2n) is 4.01. The lowest BCUT2D eigenvalue weighted by Crippen LogP contribution is -2.48. The molecular weight excluding hydrogens is 216 g/mol. The lowest BCUT2D eigenvalue weighted by molar-refractivity contribution is -0.210. The summed E-state index contributed by atoms with van der Waals surface area (Å²) in [6.45, 7) is 0. The van der Waals surface area contributed by atoms with Gasteiger partial charge in [0.15, 0.2) is 6.29 Å². The molecule has 1 saturated heterocycles. The number of hydrogen-bond donors (Lipinski definition) is 4. The second-order valence-corrected chi connectivity index (χ2v) is 4.01. The quantitative estimate of drug-likeness (QED) is 0.433. The van der Waals surface area contributed by atoms with Gasteiger partial charge in [0.25, 0.3) is 0 Å². The van der Waals surface area contributed by atoms with E-state index in [0.29, 0.717) is 25.5 Å². The van der Waals surface area contributed by atoms with Gasteiger partial charge in [-0.2, -0.15) is 0 Å². The predicted octanol–water partition coefficient (Wildman–Crippen LogP) is -1.45. The summed E-state index contributed by atoms with van der Waals surface area (Å²) >= 11 is 0. The van der Waals surface area contributed by atoms with Crippen molar-refractivity contribution in [2.75, 3.05) is 0 Å². The van der Waals surface area contributed by atoms with Gasteiger partial charge in [0, 0.05) is 6.42 Å². The topological polar surface area (TPSA) is 107 Å². The highest BCUT2D eigenvalue weighted by Crippen LogP contribution is 2.22. The van der Waals surface area contributed by atoms with Crippen LogP contribution in [0.2, 0.25) is 0 Å². The first-order valence-electron chi connectivity index (χ1n) is 5.37. The highest BCUT2D eigenvalue weighted by atomic mass is 16.6. The van der Waals surface area contributed by atoms with Crippen molar-refractivity contribution in [3.63, 3.8) is 0 Å². The van der Waals surface area contributed by atoms with Crippen molar-refractivity contribution < 1.29 is 30.0 Å². The van der Waals surface area contributed by atoms with Gasteiger partial charge in [0.05, 0.1) is 12.2 Å². The minimum Gasteiger partial charge on any atom is -0.390 e. The van der Waals surface area contributed by atoms with Gasteiger partial charge in [0.1, 0.15) is 18.5 Å². The van der Waals surface area contributed by atoms with Crippen LogP contribution >= 0.6 is 0 Å². The van der Waals surface area contributed by atoms with Gasteiger partial charge in [-0.3, -0.25) is 0 Å². The molecule has 0 aromatic carbocycles. The Hall–Kier alpha value is -0.530. The van der Waals surface area contributed by atoms with E-state index in [1.807, 2.05) is 0 Å². The number of rotatable bonds is 5. The molecule has 1 rings (SSSR count). The lowest BCUT2D eigenvalue weighted by Gasteiger charge is -2.33. The summed E-state index contributed by atoms with van der Waals surface area (Å²) in [6, 6.07) is 0. The molecule has 0 spiro atoms. The average Bonchev–Trinajstić information content (AvgIpc) is 2.27. The molecule has 1 aliphatic rings. The third-order valence-electron chi connectivity index (χ3n) is 2.73. The Morgan fingerprint density at radius 3 is 2.56 bits per heavy atom. The molecule has 1 fully saturated rings. The van der Waals surface area contributed by atoms with Crippen LogP contribution in [0.3, 0.4) is 0 Å². The van der Waals surface area contributed by atoms with E-state index in [2.05, 4.69) is 0 Å². The molecule has 16 heavy (non-hydrogen) atoms. The lowest BCUT2D eigenvalue weighted by atomic mass is 9.96. The molecule has 0 aromatic rings. The Kier molecular flexibility index (Phi) is 5.30. The standard InChI is InChI=1S/C10H18O6/c11-5-4-6(12)9(14)10(15)7-2-1-3-8(13)16-7/h5-10,12-15H,1-4H2/t6-,7-,8-,9?,10?/m0/s1. The zero-order chi connectivity index (χ0) is 12.1. The number of ether oxygens (including phenoxy) is 1. The van der Waals surface area contributed by atoms with Gasteiger partial charge in [0.2, 0.25) is 0 Å². The fourth-order valence-corrected chi connectivity index (χ4v) is 1.77. The van der Waals surface area contributed by atoms with Gasteiger partial charge in [-0.25, -0.2) is 0 Å². The monoisotopic (exact) mass is 234 g/mol. The third-order valence-corrected chi connectivity index (χ3v) is 2.73. The van der Waals surface area contributed by atoms with Crippen molar-refractivity contribution in [3.05, 3.63) is 0 Å². The summed E-state index contributed by atoms with van der Waals surface area (Å²) in [5.41, 5.74) is 0. The predicted molar refractivity (Wildman–Crippen MR) is 53.4 cm³/mol. The van der Waals surface area contributed by atoms with E-state index in [9.17, 15) is 25.2 Å². The van der Waals surface area contributed by atoms with E-state index >= 15 is 0 Å². The summed E-state index contributed by atoms with van der Waals surface area (Å²) in [6.07, 6.45) is -3.80. The molecule has 0 radical (unpaired) electrons. The normalized spacial score (nSPS) is 31.8. The Morgan fingerprint density at radius 1 is 1.31 bits per heavy atom. The van der Waals surface area contributed by atoms with Crippen LogP contribution in [0.4, 0.5) is 0 Å². The number of carbonyl (C=O) groups is 1. The van der Waals surface area contributed by atoms with Gasteiger partial charge in [-0.05, 0) is 19.3 Å². The Morgan fingerprint density at radius 2 is 2.00 bits per heavy atom. The molecule has 94 valence electrons. The fraction of sp³-hybridized carbons (Fsp3) is 0.900. The van der Waals surface area contributed by atoms with E-state index in [4.69, 9.17) is 4.74 Å². The Balaban J connectivity index is 2.48. The van der Waals surface area contributed by atoms with Crippen LogP contribution in [0.15, 0.2) is 0 Å². The van der Waals surface area contributed by atoms with E-state index in [1.54, 1.807) is 0 Å². The molecule has 6 heteroatoms. The van der Waals surface area contributed by atoms with E-state index in [0.717, 1.165) is 0 Å². The smallest absolute Gasteiger partial charge is 0.155 e. The second kappa shape index (κ2) is 6.27. The molecule has 4 N–H and O–H groups in total. The highest BCUT2D eigenvalue weighted by molar-refractivity contribution is 5.50. The van der Waals surface area contributed by atoms with E-state index in [-0.39, 0.29) is 6.42 Å². The summed E-state index contributed by atoms with van der Waals surface area (Å²) < 4.78 is 5.04. The first-order chi connectivity index (χ1) is 7.56. The van der Waals surface area contributed by atoms with Crippen LogP contribution in [0.5, 0.6) is 0 Å². The van der Waals surface area contributed by atoms with Crippen LogP contribution in [-0.4, -0.2) is 57.4 Å². The maximum absolute atomic E-state index is 10.1. The summed E-state index contributed by atoms with van der Waals surface area (Å²) in [5, 5.41) is 37.8. The molecule has 0 aromatic heterocycles. The van der Waals surface area contributed by atoms with Gasteiger partial charge in [-0.15, -0.1) is 0 Å². The number of carbonyl (C=O) groups excluding carboxylic acids is 1. The van der Waals surface area contributed by atoms with Gasteiger partial charge >= 0.3 is 0 Å². The van der Waals surface area contributed by atoms with Crippen molar-refractivity contribution in [1.29, 1.82) is 0 Å². The molecule has 5 atom stereocenters. The first-order valence-corrected chi connectivity index (χ1v) is 5.37. The van der Waals surface area contributed by atoms with Crippen LogP contribution in [0.1, 0.15) is 25.7 Å². The van der Waals surface area contributed by atoms with E-state index < -0.39 is 30.7 Å². The number of aldehydes is 1. The van der Waals surface area contributed by atoms with Crippen molar-refractivity contribution in [2.45, 2.75) is 56.4 Å². The molecular formula is C10H18O6. The Bertz CT molecular complexity index is 221. The largest absolute Gasteiger partial charge is 0.390 e. The molecule has 1 heterocycles. The van der Waals surface area contributed by atoms with Crippen LogP contribution < -0.4 is 0 Å². The fourth-order valence-electron chi connectivity index (χ4n) is 1.77. The SMILES string of the molecule is O=CC[C@H](O)C(O)C(O)[C@@H]1CCC[C@@H](O)O1. The molecule has 0 amide bonds. The molecule has 6 nitrogen and oxygen atoms in total. The van der Waals surface area contributed by atoms with Crippen LogP contribution in [0, 0.1) is 0 Å². The van der Waals surface area contributed by atoms with Crippen molar-refractivity contribution >= 4 is 6.29 Å². The van der Waals surface area contributed by atoms with Crippen molar-refractivity contribution in [2.24, 2.45) is 0 Å². The maximum Gasteiger partial charge on any atom is 0.155 e. The van der Waals surface area contributed by atoms with Gasteiger partial charge in [-0.1, -0.05) is 0 Å². The minimum atomic E-state index is -1.44. The zero-order valence-electron chi connectivity index (χ0n) is 8.90. The summed E-state index contributed by atoms with van der Waals surface area (Å²) in [4.78, 5) is 10.1. The average molecular weight is 234 g/mol. The Labute approximate surface area is 93.5 Å². The minimum absolute atomic E-state index is 0.243. The van der Waals surface area contributed by atoms with Crippen LogP contribution in [-0.2, 0) is 9.53 Å². The number of hydrogen-bond acceptors (Lipinski definition) is 6. The number of aliphatic hydroxyl groups excluding tert-OH is 4. The summed E-state index contributed by atoms with van der Waals surface area (Å²) in [5.74, 6) is 0. The maximum atomic E-state index is 10.1. The molecule has 2 unspecified atom stereocenters. The molecule has 0 aliphatic carbocycles. The molecule has 0 bridgehead atoms. The van der Waals surface area contributed by atoms with Crippen molar-refractivity contribution in [3.8, 4) is 0 Å². The van der Waals surface area contributed by atoms with E-state index in [1.165, 1.54) is 0 Å². The highest BCUT2D eigenvalue weighted by Gasteiger charge is 2.34. The van der Waals surface area contributed by atoms with Crippen molar-refractivity contribution in [1.82, 2.24) is 0 Å². The number of aliphatic hydroxyl groups is 4. The zero-order valence-corrected chi connectivity index (χ0v) is 8.90. The first kappa shape index (κ1) is 13.5. The van der Waals surface area contributed by atoms with Crippen LogP contribution in [0.25, 0.3) is 0 Å². The van der Waals surface area contributed by atoms with Gasteiger partial charge < -0.3 is 30.0 Å². The third kappa shape index (κ3) is 3.50. The molecule has 1 aliphatic heterocycles. The molecule has 0 saturated carbocycles. The summed E-state index contributed by atoms with van der Waals surface area (Å²) in [7, 11) is 0.